The first-order valence-corrected chi connectivity index (χ1v) is 6.63. The number of benzene rings is 1. The Bertz CT molecular complexity index is 737. The SMILES string of the molecule is Cc1cccc2sc(NC(=O)c3cccnc3)nc12. The molecular formula is C14H11N3OS. The molecule has 19 heavy (non-hydrogen) atoms. The summed E-state index contributed by atoms with van der Waals surface area (Å²) in [5.74, 6) is -0.190. The minimum atomic E-state index is -0.190. The van der Waals surface area contributed by atoms with E-state index in [0.717, 1.165) is 15.8 Å². The number of amides is 1. The standard InChI is InChI=1S/C14H11N3OS/c1-9-4-2-6-11-12(9)16-14(19-11)17-13(18)10-5-3-7-15-8-10/h2-8H,1H3,(H,16,17,18). The van der Waals surface area contributed by atoms with E-state index in [1.807, 2.05) is 25.1 Å². The number of fused-ring (bicyclic) bond motifs is 1. The summed E-state index contributed by atoms with van der Waals surface area (Å²) in [6.45, 7) is 2.01. The molecule has 0 radical (unpaired) electrons. The van der Waals surface area contributed by atoms with Crippen LogP contribution in [0, 0.1) is 6.92 Å². The molecule has 0 fully saturated rings. The lowest BCUT2D eigenvalue weighted by molar-refractivity contribution is 0.102. The zero-order valence-corrected chi connectivity index (χ0v) is 11.1. The van der Waals surface area contributed by atoms with Gasteiger partial charge in [-0.3, -0.25) is 15.1 Å². The largest absolute Gasteiger partial charge is 0.298 e. The van der Waals surface area contributed by atoms with Crippen molar-refractivity contribution in [1.82, 2.24) is 9.97 Å². The van der Waals surface area contributed by atoms with E-state index in [4.69, 9.17) is 0 Å². The third-order valence-corrected chi connectivity index (χ3v) is 3.70. The third-order valence-electron chi connectivity index (χ3n) is 2.76. The van der Waals surface area contributed by atoms with E-state index in [0.29, 0.717) is 10.7 Å². The van der Waals surface area contributed by atoms with Gasteiger partial charge in [0.15, 0.2) is 5.13 Å². The fourth-order valence-electron chi connectivity index (χ4n) is 1.81. The number of thiazole rings is 1. The van der Waals surface area contributed by atoms with Gasteiger partial charge in [0.25, 0.3) is 5.91 Å². The molecule has 3 rings (SSSR count). The quantitative estimate of drug-likeness (QED) is 0.777. The van der Waals surface area contributed by atoms with Gasteiger partial charge in [-0.25, -0.2) is 4.98 Å². The van der Waals surface area contributed by atoms with E-state index in [2.05, 4.69) is 15.3 Å². The first-order valence-electron chi connectivity index (χ1n) is 5.81. The highest BCUT2D eigenvalue weighted by atomic mass is 32.1. The number of para-hydroxylation sites is 1. The molecule has 0 unspecified atom stereocenters. The van der Waals surface area contributed by atoms with Gasteiger partial charge in [-0.15, -0.1) is 0 Å². The molecule has 0 bridgehead atoms. The van der Waals surface area contributed by atoms with Crippen LogP contribution in [0.15, 0.2) is 42.7 Å². The normalized spacial score (nSPS) is 10.6. The van der Waals surface area contributed by atoms with E-state index in [1.54, 1.807) is 18.3 Å². The van der Waals surface area contributed by atoms with Crippen LogP contribution in [0.4, 0.5) is 5.13 Å². The Balaban J connectivity index is 1.90. The highest BCUT2D eigenvalue weighted by Crippen LogP contribution is 2.28. The number of hydrogen-bond donors (Lipinski definition) is 1. The van der Waals surface area contributed by atoms with Crippen LogP contribution in [0.25, 0.3) is 10.2 Å². The summed E-state index contributed by atoms with van der Waals surface area (Å²) >= 11 is 1.47. The molecular weight excluding hydrogens is 258 g/mol. The molecule has 5 heteroatoms. The molecule has 1 N–H and O–H groups in total. The maximum Gasteiger partial charge on any atom is 0.259 e. The van der Waals surface area contributed by atoms with Crippen LogP contribution in [0.1, 0.15) is 15.9 Å². The Kier molecular flexibility index (Phi) is 2.97. The van der Waals surface area contributed by atoms with Crippen LogP contribution in [-0.4, -0.2) is 15.9 Å². The van der Waals surface area contributed by atoms with Crippen molar-refractivity contribution in [3.05, 3.63) is 53.9 Å². The fraction of sp³-hybridized carbons (Fsp3) is 0.0714. The number of hydrogen-bond acceptors (Lipinski definition) is 4. The van der Waals surface area contributed by atoms with Gasteiger partial charge in [-0.05, 0) is 30.7 Å². The second-order valence-electron chi connectivity index (χ2n) is 4.14. The minimum absolute atomic E-state index is 0.190. The number of nitrogens with zero attached hydrogens (tertiary/aromatic N) is 2. The van der Waals surface area contributed by atoms with Crippen molar-refractivity contribution in [2.24, 2.45) is 0 Å². The Morgan fingerprint density at radius 3 is 2.89 bits per heavy atom. The average molecular weight is 269 g/mol. The molecule has 1 amide bonds. The third kappa shape index (κ3) is 2.32. The van der Waals surface area contributed by atoms with E-state index < -0.39 is 0 Å². The van der Waals surface area contributed by atoms with E-state index >= 15 is 0 Å². The van der Waals surface area contributed by atoms with E-state index in [1.165, 1.54) is 17.5 Å². The number of carbonyl (C=O) groups excluding carboxylic acids is 1. The lowest BCUT2D eigenvalue weighted by Crippen LogP contribution is -2.11. The second kappa shape index (κ2) is 4.78. The van der Waals surface area contributed by atoms with Crippen LogP contribution in [0.3, 0.4) is 0 Å². The van der Waals surface area contributed by atoms with Gasteiger partial charge < -0.3 is 0 Å². The summed E-state index contributed by atoms with van der Waals surface area (Å²) in [7, 11) is 0. The Hall–Kier alpha value is -2.27. The van der Waals surface area contributed by atoms with Crippen LogP contribution in [0.5, 0.6) is 0 Å². The molecule has 0 aliphatic rings. The number of carbonyl (C=O) groups is 1. The number of aryl methyl sites for hydroxylation is 1. The summed E-state index contributed by atoms with van der Waals surface area (Å²) < 4.78 is 1.07. The molecule has 3 aromatic rings. The summed E-state index contributed by atoms with van der Waals surface area (Å²) in [5, 5.41) is 3.41. The lowest BCUT2D eigenvalue weighted by Gasteiger charge is -1.99. The molecule has 4 nitrogen and oxygen atoms in total. The van der Waals surface area contributed by atoms with Crippen LogP contribution >= 0.6 is 11.3 Å². The van der Waals surface area contributed by atoms with Crippen molar-refractivity contribution in [3.63, 3.8) is 0 Å². The average Bonchev–Trinajstić information content (AvgIpc) is 2.84. The maximum atomic E-state index is 12.0. The zero-order valence-electron chi connectivity index (χ0n) is 10.3. The van der Waals surface area contributed by atoms with Gasteiger partial charge in [0.2, 0.25) is 0 Å². The predicted molar refractivity (Wildman–Crippen MR) is 76.5 cm³/mol. The topological polar surface area (TPSA) is 54.9 Å². The lowest BCUT2D eigenvalue weighted by atomic mass is 10.2. The smallest absolute Gasteiger partial charge is 0.259 e. The fourth-order valence-corrected chi connectivity index (χ4v) is 2.74. The molecule has 0 aliphatic carbocycles. The molecule has 0 saturated heterocycles. The van der Waals surface area contributed by atoms with Gasteiger partial charge >= 0.3 is 0 Å². The summed E-state index contributed by atoms with van der Waals surface area (Å²) in [6, 6.07) is 9.45. The second-order valence-corrected chi connectivity index (χ2v) is 5.17. The molecule has 2 aromatic heterocycles. The Morgan fingerprint density at radius 2 is 2.16 bits per heavy atom. The van der Waals surface area contributed by atoms with Crippen LogP contribution in [0.2, 0.25) is 0 Å². The van der Waals surface area contributed by atoms with E-state index in [-0.39, 0.29) is 5.91 Å². The van der Waals surface area contributed by atoms with Crippen LogP contribution < -0.4 is 5.32 Å². The Labute approximate surface area is 114 Å². The van der Waals surface area contributed by atoms with Gasteiger partial charge in [-0.2, -0.15) is 0 Å². The van der Waals surface area contributed by atoms with Gasteiger partial charge in [-0.1, -0.05) is 23.5 Å². The number of nitrogens with one attached hydrogen (secondary N) is 1. The van der Waals surface area contributed by atoms with Crippen molar-refractivity contribution in [1.29, 1.82) is 0 Å². The van der Waals surface area contributed by atoms with Crippen molar-refractivity contribution in [3.8, 4) is 0 Å². The van der Waals surface area contributed by atoms with Gasteiger partial charge in [0, 0.05) is 12.4 Å². The van der Waals surface area contributed by atoms with Crippen molar-refractivity contribution in [2.45, 2.75) is 6.92 Å². The molecule has 1 aromatic carbocycles. The predicted octanol–water partition coefficient (Wildman–Crippen LogP) is 3.25. The number of rotatable bonds is 2. The maximum absolute atomic E-state index is 12.0. The molecule has 0 spiro atoms. The summed E-state index contributed by atoms with van der Waals surface area (Å²) in [4.78, 5) is 20.4. The minimum Gasteiger partial charge on any atom is -0.298 e. The van der Waals surface area contributed by atoms with Gasteiger partial charge in [0.05, 0.1) is 15.8 Å². The Morgan fingerprint density at radius 1 is 1.26 bits per heavy atom. The van der Waals surface area contributed by atoms with Crippen molar-refractivity contribution < 1.29 is 4.79 Å². The zero-order chi connectivity index (χ0) is 13.2. The highest BCUT2D eigenvalue weighted by Gasteiger charge is 2.10. The molecule has 0 aliphatic heterocycles. The molecule has 2 heterocycles. The van der Waals surface area contributed by atoms with Crippen molar-refractivity contribution >= 4 is 32.6 Å². The van der Waals surface area contributed by atoms with Crippen LogP contribution in [-0.2, 0) is 0 Å². The van der Waals surface area contributed by atoms with Gasteiger partial charge in [0.1, 0.15) is 0 Å². The monoisotopic (exact) mass is 269 g/mol. The highest BCUT2D eigenvalue weighted by molar-refractivity contribution is 7.22. The van der Waals surface area contributed by atoms with E-state index in [9.17, 15) is 4.79 Å². The summed E-state index contributed by atoms with van der Waals surface area (Å²) in [6.07, 6.45) is 3.17. The molecule has 0 saturated carbocycles. The number of aromatic nitrogens is 2. The summed E-state index contributed by atoms with van der Waals surface area (Å²) in [5.41, 5.74) is 2.57. The first-order chi connectivity index (χ1) is 9.24. The molecule has 94 valence electrons. The number of pyridine rings is 1. The van der Waals surface area contributed by atoms with Crippen molar-refractivity contribution in [2.75, 3.05) is 5.32 Å². The first kappa shape index (κ1) is 11.8. The number of anilines is 1. The molecule has 0 atom stereocenters.